The van der Waals surface area contributed by atoms with Crippen LogP contribution >= 0.6 is 7.82 Å². The lowest BCUT2D eigenvalue weighted by molar-refractivity contribution is -0.122. The smallest absolute Gasteiger partial charge is 0.347 e. The lowest BCUT2D eigenvalue weighted by Crippen LogP contribution is -2.35. The number of unbranched alkanes of at least 4 members (excludes halogenated alkanes) is 4. The largest absolute Gasteiger partial charge is 0.469 e. The molecule has 0 radical (unpaired) electrons. The minimum Gasteiger partial charge on any atom is -0.347 e. The lowest BCUT2D eigenvalue weighted by Gasteiger charge is -2.26. The first-order valence-electron chi connectivity index (χ1n) is 8.41. The van der Waals surface area contributed by atoms with Crippen LogP contribution in [0.2, 0.25) is 0 Å². The summed E-state index contributed by atoms with van der Waals surface area (Å²) >= 11 is 0. The van der Waals surface area contributed by atoms with Crippen LogP contribution in [0.4, 0.5) is 0 Å². The van der Waals surface area contributed by atoms with Gasteiger partial charge in [-0.25, -0.2) is 4.57 Å². The van der Waals surface area contributed by atoms with Crippen LogP contribution in [0.25, 0.3) is 0 Å². The van der Waals surface area contributed by atoms with Gasteiger partial charge in [0.1, 0.15) is 0 Å². The van der Waals surface area contributed by atoms with Crippen molar-refractivity contribution in [2.24, 2.45) is 0 Å². The molecule has 0 saturated carbocycles. The standard InChI is InChI=1S/C17H28NO5P/c1-3-4-5-6-10-13-16(19)18-17(14(2)23-24(20,21)22)15-11-8-7-9-12-15/h7-9,11-12,14,17H,3-6,10,13H2,1-2H3,(H,18,19)(H2,20,21,22)/t14-,17+/m0/s1. The summed E-state index contributed by atoms with van der Waals surface area (Å²) in [5.41, 5.74) is 0.748. The Kier molecular flexibility index (Phi) is 9.22. The van der Waals surface area contributed by atoms with E-state index in [1.165, 1.54) is 13.3 Å². The average molecular weight is 357 g/mol. The molecular formula is C17H28NO5P. The molecule has 0 aliphatic carbocycles. The lowest BCUT2D eigenvalue weighted by atomic mass is 10.0. The highest BCUT2D eigenvalue weighted by Gasteiger charge is 2.28. The first-order chi connectivity index (χ1) is 11.3. The van der Waals surface area contributed by atoms with Crippen LogP contribution in [0, 0.1) is 0 Å². The summed E-state index contributed by atoms with van der Waals surface area (Å²) < 4.78 is 15.9. The topological polar surface area (TPSA) is 95.9 Å². The minimum absolute atomic E-state index is 0.137. The Labute approximate surface area is 143 Å². The molecule has 0 bridgehead atoms. The molecule has 1 aromatic carbocycles. The van der Waals surface area contributed by atoms with Gasteiger partial charge in [-0.15, -0.1) is 0 Å². The zero-order valence-electron chi connectivity index (χ0n) is 14.4. The monoisotopic (exact) mass is 357 g/mol. The van der Waals surface area contributed by atoms with Gasteiger partial charge in [0, 0.05) is 6.42 Å². The Balaban J connectivity index is 2.65. The maximum Gasteiger partial charge on any atom is 0.469 e. The summed E-state index contributed by atoms with van der Waals surface area (Å²) in [4.78, 5) is 30.2. The van der Waals surface area contributed by atoms with Crippen molar-refractivity contribution in [3.63, 3.8) is 0 Å². The van der Waals surface area contributed by atoms with Crippen molar-refractivity contribution >= 4 is 13.7 Å². The fraction of sp³-hybridized carbons (Fsp3) is 0.588. The SMILES string of the molecule is CCCCCCCC(=O)N[C@@H](c1ccccc1)[C@H](C)OP(=O)(O)O. The Morgan fingerprint density at radius 3 is 2.38 bits per heavy atom. The number of phosphoric acid groups is 1. The summed E-state index contributed by atoms with van der Waals surface area (Å²) in [7, 11) is -4.62. The molecule has 1 amide bonds. The number of nitrogens with one attached hydrogen (secondary N) is 1. The van der Waals surface area contributed by atoms with Gasteiger partial charge in [0.15, 0.2) is 0 Å². The third-order valence-corrected chi connectivity index (χ3v) is 4.36. The molecule has 136 valence electrons. The summed E-state index contributed by atoms with van der Waals surface area (Å²) in [5.74, 6) is -0.137. The second-order valence-corrected chi connectivity index (χ2v) is 7.11. The zero-order chi connectivity index (χ0) is 18.0. The second-order valence-electron chi connectivity index (χ2n) is 5.92. The second kappa shape index (κ2) is 10.6. The molecule has 0 aliphatic heterocycles. The van der Waals surface area contributed by atoms with Crippen LogP contribution < -0.4 is 5.32 Å². The van der Waals surface area contributed by atoms with Crippen molar-refractivity contribution in [1.82, 2.24) is 5.32 Å². The van der Waals surface area contributed by atoms with Gasteiger partial charge >= 0.3 is 7.82 Å². The zero-order valence-corrected chi connectivity index (χ0v) is 15.2. The Morgan fingerprint density at radius 2 is 1.79 bits per heavy atom. The number of carbonyl (C=O) groups is 1. The van der Waals surface area contributed by atoms with Gasteiger partial charge in [-0.1, -0.05) is 62.9 Å². The molecule has 0 heterocycles. The van der Waals surface area contributed by atoms with E-state index in [2.05, 4.69) is 12.2 Å². The van der Waals surface area contributed by atoms with E-state index in [0.717, 1.165) is 31.2 Å². The van der Waals surface area contributed by atoms with Gasteiger partial charge in [-0.05, 0) is 18.9 Å². The molecule has 24 heavy (non-hydrogen) atoms. The van der Waals surface area contributed by atoms with E-state index in [1.807, 2.05) is 18.2 Å². The van der Waals surface area contributed by atoms with Gasteiger partial charge in [0.2, 0.25) is 5.91 Å². The number of benzene rings is 1. The predicted molar refractivity (Wildman–Crippen MR) is 93.3 cm³/mol. The summed E-state index contributed by atoms with van der Waals surface area (Å²) in [6.45, 7) is 3.68. The normalized spacial score (nSPS) is 14.2. The molecule has 7 heteroatoms. The molecule has 0 unspecified atom stereocenters. The van der Waals surface area contributed by atoms with E-state index in [1.54, 1.807) is 12.1 Å². The first-order valence-corrected chi connectivity index (χ1v) is 9.94. The molecule has 3 N–H and O–H groups in total. The van der Waals surface area contributed by atoms with E-state index in [9.17, 15) is 9.36 Å². The van der Waals surface area contributed by atoms with E-state index < -0.39 is 20.0 Å². The van der Waals surface area contributed by atoms with Gasteiger partial charge in [-0.3, -0.25) is 9.32 Å². The molecule has 2 atom stereocenters. The molecule has 0 aliphatic rings. The molecule has 1 aromatic rings. The summed E-state index contributed by atoms with van der Waals surface area (Å²) in [6.07, 6.45) is 4.80. The van der Waals surface area contributed by atoms with Crippen molar-refractivity contribution in [2.45, 2.75) is 64.5 Å². The van der Waals surface area contributed by atoms with Crippen LogP contribution in [-0.2, 0) is 13.9 Å². The van der Waals surface area contributed by atoms with Crippen LogP contribution in [0.15, 0.2) is 30.3 Å². The third-order valence-electron chi connectivity index (χ3n) is 3.76. The highest BCUT2D eigenvalue weighted by molar-refractivity contribution is 7.46. The average Bonchev–Trinajstić information content (AvgIpc) is 2.51. The van der Waals surface area contributed by atoms with Crippen molar-refractivity contribution in [2.75, 3.05) is 0 Å². The minimum atomic E-state index is -4.62. The van der Waals surface area contributed by atoms with Gasteiger partial charge in [-0.2, -0.15) is 0 Å². The van der Waals surface area contributed by atoms with Gasteiger partial charge < -0.3 is 15.1 Å². The number of hydrogen-bond acceptors (Lipinski definition) is 3. The molecule has 0 aromatic heterocycles. The third kappa shape index (κ3) is 8.60. The van der Waals surface area contributed by atoms with Gasteiger partial charge in [0.05, 0.1) is 12.1 Å². The van der Waals surface area contributed by atoms with Crippen molar-refractivity contribution in [1.29, 1.82) is 0 Å². The first kappa shape index (κ1) is 20.8. The number of carbonyl (C=O) groups excluding carboxylic acids is 1. The maximum atomic E-state index is 12.2. The fourth-order valence-electron chi connectivity index (χ4n) is 2.54. The molecule has 6 nitrogen and oxygen atoms in total. The molecule has 0 spiro atoms. The van der Waals surface area contributed by atoms with Crippen LogP contribution in [-0.4, -0.2) is 21.8 Å². The molecule has 1 rings (SSSR count). The molecular weight excluding hydrogens is 329 g/mol. The Morgan fingerprint density at radius 1 is 1.17 bits per heavy atom. The number of hydrogen-bond donors (Lipinski definition) is 3. The summed E-state index contributed by atoms with van der Waals surface area (Å²) in [5, 5.41) is 2.84. The highest BCUT2D eigenvalue weighted by Crippen LogP contribution is 2.40. The van der Waals surface area contributed by atoms with Crippen LogP contribution in [0.1, 0.15) is 64.0 Å². The van der Waals surface area contributed by atoms with E-state index in [0.29, 0.717) is 6.42 Å². The Hall–Kier alpha value is -1.20. The van der Waals surface area contributed by atoms with Crippen molar-refractivity contribution in [3.05, 3.63) is 35.9 Å². The predicted octanol–water partition coefficient (Wildman–Crippen LogP) is 3.70. The van der Waals surface area contributed by atoms with Crippen LogP contribution in [0.3, 0.4) is 0 Å². The highest BCUT2D eigenvalue weighted by atomic mass is 31.2. The Bertz CT molecular complexity index is 531. The number of phosphoric ester groups is 1. The number of amides is 1. The van der Waals surface area contributed by atoms with Crippen molar-refractivity contribution < 1.29 is 23.7 Å². The van der Waals surface area contributed by atoms with E-state index >= 15 is 0 Å². The molecule has 0 saturated heterocycles. The quantitative estimate of drug-likeness (QED) is 0.414. The van der Waals surface area contributed by atoms with Crippen LogP contribution in [0.5, 0.6) is 0 Å². The van der Waals surface area contributed by atoms with E-state index in [4.69, 9.17) is 14.3 Å². The van der Waals surface area contributed by atoms with E-state index in [-0.39, 0.29) is 5.91 Å². The maximum absolute atomic E-state index is 12.2. The molecule has 0 fully saturated rings. The van der Waals surface area contributed by atoms with Crippen molar-refractivity contribution in [3.8, 4) is 0 Å². The fourth-order valence-corrected chi connectivity index (χ4v) is 3.10. The summed E-state index contributed by atoms with van der Waals surface area (Å²) in [6, 6.07) is 8.44. The van der Waals surface area contributed by atoms with Gasteiger partial charge in [0.25, 0.3) is 0 Å². The number of rotatable bonds is 11.